The van der Waals surface area contributed by atoms with Crippen molar-refractivity contribution in [3.63, 3.8) is 0 Å². The molecule has 1 atom stereocenters. The number of nitro groups is 1. The van der Waals surface area contributed by atoms with Gasteiger partial charge in [-0.3, -0.25) is 10.1 Å². The first kappa shape index (κ1) is 18.1. The van der Waals surface area contributed by atoms with Crippen LogP contribution in [0.3, 0.4) is 0 Å². The van der Waals surface area contributed by atoms with Gasteiger partial charge in [0.15, 0.2) is 0 Å². The van der Waals surface area contributed by atoms with Crippen LogP contribution in [0.5, 0.6) is 0 Å². The van der Waals surface area contributed by atoms with Gasteiger partial charge in [-0.05, 0) is 49.8 Å². The average Bonchev–Trinajstić information content (AvgIpc) is 2.68. The summed E-state index contributed by atoms with van der Waals surface area (Å²) in [6.45, 7) is 5.00. The quantitative estimate of drug-likeness (QED) is 0.608. The average molecular weight is 355 g/mol. The summed E-state index contributed by atoms with van der Waals surface area (Å²) in [6.07, 6.45) is 6.53. The monoisotopic (exact) mass is 355 g/mol. The fourth-order valence-electron chi connectivity index (χ4n) is 3.50. The summed E-state index contributed by atoms with van der Waals surface area (Å²) in [4.78, 5) is 22.0. The zero-order valence-corrected chi connectivity index (χ0v) is 15.3. The van der Waals surface area contributed by atoms with E-state index in [0.29, 0.717) is 5.82 Å². The Hall–Kier alpha value is -2.70. The second-order valence-corrected chi connectivity index (χ2v) is 6.58. The van der Waals surface area contributed by atoms with E-state index < -0.39 is 0 Å². The fraction of sp³-hybridized carbons (Fsp3) is 0.474. The summed E-state index contributed by atoms with van der Waals surface area (Å²) in [5, 5.41) is 14.9. The number of nitrogens with zero attached hydrogens (tertiary/aromatic N) is 4. The second kappa shape index (κ2) is 8.12. The molecule has 0 spiro atoms. The number of aryl methyl sites for hydroxylation is 1. The normalized spacial score (nSPS) is 17.2. The number of benzene rings is 1. The predicted octanol–water partition coefficient (Wildman–Crippen LogP) is 4.46. The fourth-order valence-corrected chi connectivity index (χ4v) is 3.50. The topological polar surface area (TPSA) is 84.2 Å². The van der Waals surface area contributed by atoms with Crippen LogP contribution in [0.1, 0.15) is 45.1 Å². The van der Waals surface area contributed by atoms with Crippen LogP contribution < -0.4 is 10.2 Å². The second-order valence-electron chi connectivity index (χ2n) is 6.58. The van der Waals surface area contributed by atoms with E-state index in [2.05, 4.69) is 34.0 Å². The molecule has 1 aliphatic rings. The summed E-state index contributed by atoms with van der Waals surface area (Å²) in [5.74, 6) is 0.661. The van der Waals surface area contributed by atoms with Gasteiger partial charge in [0.25, 0.3) is 0 Å². The Morgan fingerprint density at radius 1 is 1.23 bits per heavy atom. The van der Waals surface area contributed by atoms with Gasteiger partial charge in [0.2, 0.25) is 11.6 Å². The van der Waals surface area contributed by atoms with Crippen molar-refractivity contribution in [3.8, 4) is 0 Å². The van der Waals surface area contributed by atoms with Crippen molar-refractivity contribution in [2.24, 2.45) is 0 Å². The zero-order valence-electron chi connectivity index (χ0n) is 15.3. The molecular formula is C19H25N5O2. The number of hydrogen-bond acceptors (Lipinski definition) is 6. The number of nitrogens with one attached hydrogen (secondary N) is 1. The van der Waals surface area contributed by atoms with Crippen molar-refractivity contribution in [3.05, 3.63) is 46.3 Å². The van der Waals surface area contributed by atoms with E-state index in [9.17, 15) is 10.1 Å². The highest BCUT2D eigenvalue weighted by molar-refractivity contribution is 5.74. The lowest BCUT2D eigenvalue weighted by Gasteiger charge is -2.35. The molecule has 26 heavy (non-hydrogen) atoms. The van der Waals surface area contributed by atoms with Gasteiger partial charge in [0, 0.05) is 18.3 Å². The number of hydrogen-bond donors (Lipinski definition) is 1. The Labute approximate surface area is 153 Å². The van der Waals surface area contributed by atoms with Gasteiger partial charge < -0.3 is 10.2 Å². The van der Waals surface area contributed by atoms with E-state index in [1.165, 1.54) is 11.9 Å². The van der Waals surface area contributed by atoms with Gasteiger partial charge in [-0.2, -0.15) is 0 Å². The van der Waals surface area contributed by atoms with Crippen LogP contribution in [0.2, 0.25) is 0 Å². The lowest BCUT2D eigenvalue weighted by molar-refractivity contribution is -0.383. The van der Waals surface area contributed by atoms with Crippen molar-refractivity contribution in [2.45, 2.75) is 52.0 Å². The zero-order chi connectivity index (χ0) is 18.5. The molecule has 0 bridgehead atoms. The lowest BCUT2D eigenvalue weighted by atomic mass is 10.00. The minimum absolute atomic E-state index is 0.0487. The molecule has 7 nitrogen and oxygen atoms in total. The van der Waals surface area contributed by atoms with Gasteiger partial charge in [-0.15, -0.1) is 0 Å². The molecule has 1 aromatic carbocycles. The van der Waals surface area contributed by atoms with Crippen LogP contribution in [0.4, 0.5) is 23.0 Å². The molecule has 0 saturated carbocycles. The standard InChI is InChI=1S/C19H25N5O2/c1-3-14-8-10-15(11-9-14)22-18-17(24(25)26)19(21-13-20-18)23-12-6-5-7-16(23)4-2/h8-11,13,16H,3-7,12H2,1-2H3,(H,20,21,22). The third kappa shape index (κ3) is 3.76. The van der Waals surface area contributed by atoms with E-state index in [4.69, 9.17) is 0 Å². The minimum atomic E-state index is -0.376. The predicted molar refractivity (Wildman–Crippen MR) is 103 cm³/mol. The molecule has 2 aromatic rings. The Morgan fingerprint density at radius 2 is 2.00 bits per heavy atom. The summed E-state index contributed by atoms with van der Waals surface area (Å²) in [5.41, 5.74) is 1.94. The number of aromatic nitrogens is 2. The molecule has 0 radical (unpaired) electrons. The highest BCUT2D eigenvalue weighted by atomic mass is 16.6. The van der Waals surface area contributed by atoms with Crippen molar-refractivity contribution < 1.29 is 4.92 Å². The van der Waals surface area contributed by atoms with Gasteiger partial charge in [0.1, 0.15) is 6.33 Å². The maximum atomic E-state index is 11.8. The van der Waals surface area contributed by atoms with E-state index in [0.717, 1.165) is 44.3 Å². The molecule has 1 fully saturated rings. The maximum absolute atomic E-state index is 11.8. The smallest absolute Gasteiger partial charge is 0.348 e. The van der Waals surface area contributed by atoms with Crippen LogP contribution in [0.25, 0.3) is 0 Å². The summed E-state index contributed by atoms with van der Waals surface area (Å²) in [6, 6.07) is 8.14. The van der Waals surface area contributed by atoms with Crippen LogP contribution in [-0.2, 0) is 6.42 Å². The molecule has 1 unspecified atom stereocenters. The van der Waals surface area contributed by atoms with Gasteiger partial charge in [0.05, 0.1) is 4.92 Å². The largest absolute Gasteiger partial charge is 0.353 e. The van der Waals surface area contributed by atoms with Crippen LogP contribution in [0, 0.1) is 10.1 Å². The summed E-state index contributed by atoms with van der Waals surface area (Å²) in [7, 11) is 0. The SMILES string of the molecule is CCc1ccc(Nc2ncnc(N3CCCCC3CC)c2[N+](=O)[O-])cc1. The third-order valence-corrected chi connectivity index (χ3v) is 4.98. The molecule has 7 heteroatoms. The van der Waals surface area contributed by atoms with E-state index in [1.807, 2.05) is 24.3 Å². The summed E-state index contributed by atoms with van der Waals surface area (Å²) < 4.78 is 0. The van der Waals surface area contributed by atoms with Crippen LogP contribution >= 0.6 is 0 Å². The van der Waals surface area contributed by atoms with Crippen molar-refractivity contribution >= 4 is 23.0 Å². The molecule has 1 saturated heterocycles. The highest BCUT2D eigenvalue weighted by Gasteiger charge is 2.31. The Balaban J connectivity index is 1.96. The molecule has 2 heterocycles. The Morgan fingerprint density at radius 3 is 2.65 bits per heavy atom. The van der Waals surface area contributed by atoms with Crippen molar-refractivity contribution in [1.82, 2.24) is 9.97 Å². The number of anilines is 3. The first-order chi connectivity index (χ1) is 12.6. The molecule has 0 aliphatic carbocycles. The van der Waals surface area contributed by atoms with Gasteiger partial charge in [-0.25, -0.2) is 9.97 Å². The molecule has 1 aromatic heterocycles. The highest BCUT2D eigenvalue weighted by Crippen LogP contribution is 2.36. The first-order valence-electron chi connectivity index (χ1n) is 9.26. The third-order valence-electron chi connectivity index (χ3n) is 4.98. The molecule has 138 valence electrons. The summed E-state index contributed by atoms with van der Waals surface area (Å²) >= 11 is 0. The molecule has 1 aliphatic heterocycles. The van der Waals surface area contributed by atoms with Crippen LogP contribution in [0.15, 0.2) is 30.6 Å². The molecular weight excluding hydrogens is 330 g/mol. The van der Waals surface area contributed by atoms with Crippen molar-refractivity contribution in [2.75, 3.05) is 16.8 Å². The molecule has 1 N–H and O–H groups in total. The van der Waals surface area contributed by atoms with Crippen molar-refractivity contribution in [1.29, 1.82) is 0 Å². The lowest BCUT2D eigenvalue weighted by Crippen LogP contribution is -2.40. The first-order valence-corrected chi connectivity index (χ1v) is 9.26. The van der Waals surface area contributed by atoms with Crippen LogP contribution in [-0.4, -0.2) is 27.5 Å². The number of rotatable bonds is 6. The minimum Gasteiger partial charge on any atom is -0.348 e. The van der Waals surface area contributed by atoms with E-state index in [-0.39, 0.29) is 22.5 Å². The van der Waals surface area contributed by atoms with E-state index in [1.54, 1.807) is 0 Å². The Kier molecular flexibility index (Phi) is 5.65. The number of piperidine rings is 1. The van der Waals surface area contributed by atoms with Gasteiger partial charge >= 0.3 is 5.69 Å². The molecule has 3 rings (SSSR count). The van der Waals surface area contributed by atoms with Gasteiger partial charge in [-0.1, -0.05) is 26.0 Å². The molecule has 0 amide bonds. The Bertz CT molecular complexity index is 763. The maximum Gasteiger partial charge on any atom is 0.353 e. The van der Waals surface area contributed by atoms with E-state index >= 15 is 0 Å².